The van der Waals surface area contributed by atoms with Crippen LogP contribution in [-0.2, 0) is 16.1 Å². The predicted octanol–water partition coefficient (Wildman–Crippen LogP) is 6.39. The van der Waals surface area contributed by atoms with Gasteiger partial charge in [0.15, 0.2) is 0 Å². The summed E-state index contributed by atoms with van der Waals surface area (Å²) in [4.78, 5) is 13.9. The van der Waals surface area contributed by atoms with Crippen molar-refractivity contribution < 1.29 is 32.9 Å². The van der Waals surface area contributed by atoms with E-state index in [1.54, 1.807) is 0 Å². The van der Waals surface area contributed by atoms with Crippen LogP contribution in [0.15, 0.2) is 36.4 Å². The number of ether oxygens (including phenoxy) is 3. The number of carboxylic acids is 1. The number of aliphatic carboxylic acids is 1. The highest BCUT2D eigenvalue weighted by molar-refractivity contribution is 6.33. The molecule has 2 aromatic rings. The summed E-state index contributed by atoms with van der Waals surface area (Å²) in [6.45, 7) is 7.91. The second-order valence-electron chi connectivity index (χ2n) is 10.6. The van der Waals surface area contributed by atoms with Gasteiger partial charge in [0.25, 0.3) is 5.92 Å². The van der Waals surface area contributed by atoms with Crippen molar-refractivity contribution in [1.82, 2.24) is 10.2 Å². The van der Waals surface area contributed by atoms with E-state index in [9.17, 15) is 18.7 Å². The van der Waals surface area contributed by atoms with Crippen LogP contribution in [0.5, 0.6) is 11.5 Å². The van der Waals surface area contributed by atoms with Crippen LogP contribution in [0.25, 0.3) is 0 Å². The lowest BCUT2D eigenvalue weighted by molar-refractivity contribution is -0.179. The van der Waals surface area contributed by atoms with Gasteiger partial charge in [-0.25, -0.2) is 8.78 Å². The van der Waals surface area contributed by atoms with Crippen molar-refractivity contribution in [1.29, 1.82) is 0 Å². The first kappa shape index (κ1) is 30.5. The minimum Gasteiger partial charge on any atom is -0.493 e. The zero-order valence-corrected chi connectivity index (χ0v) is 24.1. The van der Waals surface area contributed by atoms with Crippen molar-refractivity contribution >= 4 is 17.6 Å². The van der Waals surface area contributed by atoms with E-state index in [4.69, 9.17) is 25.8 Å². The standard InChI is InChI=1S/C30H39ClF2N2O5/c1-4-39-24-15-23(26(31)27(40-5-2)25(24)22-11-12-22)20(3)35(13-14-38-16-21-9-7-6-8-10-21)19-34-29(28(36)37)17-30(32,33)18-29/h6-10,15,20,22,34H,4-5,11-14,16-19H2,1-3H3,(H,36,37)/t20-/m1/s1. The molecular formula is C30H39ClF2N2O5. The first-order valence-corrected chi connectivity index (χ1v) is 14.3. The molecule has 2 saturated carbocycles. The number of hydrogen-bond donors (Lipinski definition) is 2. The maximum Gasteiger partial charge on any atom is 0.324 e. The molecule has 2 aromatic carbocycles. The van der Waals surface area contributed by atoms with Gasteiger partial charge in [0.1, 0.15) is 17.0 Å². The largest absolute Gasteiger partial charge is 0.493 e. The maximum atomic E-state index is 13.8. The van der Waals surface area contributed by atoms with E-state index in [1.165, 1.54) is 0 Å². The fourth-order valence-electron chi connectivity index (χ4n) is 5.25. The molecule has 0 amide bonds. The number of carbonyl (C=O) groups is 1. The number of alkyl halides is 2. The third-order valence-electron chi connectivity index (χ3n) is 7.61. The molecule has 10 heteroatoms. The zero-order valence-electron chi connectivity index (χ0n) is 23.4. The Labute approximate surface area is 239 Å². The third kappa shape index (κ3) is 7.05. The second-order valence-corrected chi connectivity index (χ2v) is 11.0. The Morgan fingerprint density at radius 2 is 1.85 bits per heavy atom. The summed E-state index contributed by atoms with van der Waals surface area (Å²) >= 11 is 6.98. The summed E-state index contributed by atoms with van der Waals surface area (Å²) in [5.41, 5.74) is 1.09. The van der Waals surface area contributed by atoms with Crippen LogP contribution in [0.3, 0.4) is 0 Å². The van der Waals surface area contributed by atoms with Crippen LogP contribution < -0.4 is 14.8 Å². The Kier molecular flexibility index (Phi) is 9.93. The quantitative estimate of drug-likeness (QED) is 0.176. The molecule has 7 nitrogen and oxygen atoms in total. The topological polar surface area (TPSA) is 80.3 Å². The van der Waals surface area contributed by atoms with Crippen LogP contribution in [0.4, 0.5) is 8.78 Å². The number of carboxylic acid groups (broad SMARTS) is 1. The Balaban J connectivity index is 1.58. The Morgan fingerprint density at radius 1 is 1.18 bits per heavy atom. The van der Waals surface area contributed by atoms with Crippen molar-refractivity contribution in [3.63, 3.8) is 0 Å². The number of rotatable bonds is 16. The van der Waals surface area contributed by atoms with Gasteiger partial charge in [-0.15, -0.1) is 0 Å². The van der Waals surface area contributed by atoms with Crippen molar-refractivity contribution in [2.24, 2.45) is 0 Å². The van der Waals surface area contributed by atoms with Crippen molar-refractivity contribution in [2.45, 2.75) is 76.5 Å². The summed E-state index contributed by atoms with van der Waals surface area (Å²) in [5, 5.41) is 13.2. The highest BCUT2D eigenvalue weighted by Gasteiger charge is 2.61. The number of halogens is 3. The molecule has 0 unspecified atom stereocenters. The third-order valence-corrected chi connectivity index (χ3v) is 8.00. The van der Waals surface area contributed by atoms with Crippen molar-refractivity contribution in [3.8, 4) is 11.5 Å². The smallest absolute Gasteiger partial charge is 0.324 e. The molecule has 0 saturated heterocycles. The van der Waals surface area contributed by atoms with E-state index in [0.29, 0.717) is 49.7 Å². The highest BCUT2D eigenvalue weighted by atomic mass is 35.5. The highest BCUT2D eigenvalue weighted by Crippen LogP contribution is 2.53. The molecule has 0 heterocycles. The van der Waals surface area contributed by atoms with Gasteiger partial charge in [0, 0.05) is 37.7 Å². The van der Waals surface area contributed by atoms with Crippen LogP contribution >= 0.6 is 11.6 Å². The average Bonchev–Trinajstić information content (AvgIpc) is 3.74. The molecule has 0 aromatic heterocycles. The van der Waals surface area contributed by atoms with Gasteiger partial charge in [-0.1, -0.05) is 41.9 Å². The molecule has 0 bridgehead atoms. The number of hydrogen-bond acceptors (Lipinski definition) is 6. The van der Waals surface area contributed by atoms with Crippen molar-refractivity contribution in [2.75, 3.05) is 33.0 Å². The van der Waals surface area contributed by atoms with Crippen LogP contribution in [0.2, 0.25) is 5.02 Å². The number of nitrogens with zero attached hydrogens (tertiary/aromatic N) is 1. The van der Waals surface area contributed by atoms with Crippen LogP contribution in [-0.4, -0.2) is 60.5 Å². The molecule has 2 fully saturated rings. The molecule has 2 N–H and O–H groups in total. The monoisotopic (exact) mass is 580 g/mol. The first-order chi connectivity index (χ1) is 19.1. The fraction of sp³-hybridized carbons (Fsp3) is 0.567. The zero-order chi connectivity index (χ0) is 28.9. The number of benzene rings is 2. The maximum absolute atomic E-state index is 13.8. The van der Waals surface area contributed by atoms with Gasteiger partial charge in [0.2, 0.25) is 0 Å². The molecule has 4 rings (SSSR count). The van der Waals surface area contributed by atoms with E-state index >= 15 is 0 Å². The predicted molar refractivity (Wildman–Crippen MR) is 150 cm³/mol. The van der Waals surface area contributed by atoms with Gasteiger partial charge in [-0.05, 0) is 56.7 Å². The molecule has 40 heavy (non-hydrogen) atoms. The van der Waals surface area contributed by atoms with E-state index < -0.39 is 30.3 Å². The summed E-state index contributed by atoms with van der Waals surface area (Å²) in [5.74, 6) is -2.59. The molecule has 0 spiro atoms. The van der Waals surface area contributed by atoms with E-state index in [2.05, 4.69) is 5.32 Å². The Morgan fingerprint density at radius 3 is 2.42 bits per heavy atom. The lowest BCUT2D eigenvalue weighted by Crippen LogP contribution is -2.67. The van der Waals surface area contributed by atoms with Crippen LogP contribution in [0, 0.1) is 0 Å². The minimum absolute atomic E-state index is 0.0485. The lowest BCUT2D eigenvalue weighted by atomic mass is 9.73. The number of nitrogens with one attached hydrogen (secondary N) is 1. The molecular weight excluding hydrogens is 542 g/mol. The normalized spacial score (nSPS) is 18.3. The average molecular weight is 581 g/mol. The van der Waals surface area contributed by atoms with Gasteiger partial charge in [-0.2, -0.15) is 0 Å². The van der Waals surface area contributed by atoms with Gasteiger partial charge < -0.3 is 19.3 Å². The fourth-order valence-corrected chi connectivity index (χ4v) is 5.62. The van der Waals surface area contributed by atoms with Gasteiger partial charge in [0.05, 0.1) is 31.5 Å². The molecule has 2 aliphatic rings. The van der Waals surface area contributed by atoms with Gasteiger partial charge >= 0.3 is 5.97 Å². The molecule has 2 aliphatic carbocycles. The molecule has 220 valence electrons. The summed E-state index contributed by atoms with van der Waals surface area (Å²) in [7, 11) is 0. The molecule has 0 radical (unpaired) electrons. The SMILES string of the molecule is CCOc1cc([C@@H](C)N(CCOCc2ccccc2)CNC2(C(=O)O)CC(F)(F)C2)c(Cl)c(OCC)c1C1CC1. The molecule has 1 atom stereocenters. The van der Waals surface area contributed by atoms with E-state index in [1.807, 2.05) is 62.1 Å². The molecule has 0 aliphatic heterocycles. The second kappa shape index (κ2) is 13.0. The minimum atomic E-state index is -3.00. The first-order valence-electron chi connectivity index (χ1n) is 13.9. The van der Waals surface area contributed by atoms with Gasteiger partial charge in [-0.3, -0.25) is 15.0 Å². The summed E-state index contributed by atoms with van der Waals surface area (Å²) in [6.07, 6.45) is 0.591. The van der Waals surface area contributed by atoms with Crippen molar-refractivity contribution in [3.05, 3.63) is 58.1 Å². The van der Waals surface area contributed by atoms with E-state index in [0.717, 1.165) is 35.3 Å². The Hall–Kier alpha value is -2.46. The van der Waals surface area contributed by atoms with Crippen LogP contribution in [0.1, 0.15) is 75.1 Å². The summed E-state index contributed by atoms with van der Waals surface area (Å²) < 4.78 is 45.5. The lowest BCUT2D eigenvalue weighted by Gasteiger charge is -2.45. The Bertz CT molecular complexity index is 1150. The summed E-state index contributed by atoms with van der Waals surface area (Å²) in [6, 6.07) is 11.4. The van der Waals surface area contributed by atoms with E-state index in [-0.39, 0.29) is 12.7 Å².